The van der Waals surface area contributed by atoms with E-state index in [4.69, 9.17) is 13.0 Å². The van der Waals surface area contributed by atoms with Crippen molar-refractivity contribution >= 4 is 13.8 Å². The number of carboxylic acid groups (broad SMARTS) is 1. The molecule has 1 unspecified atom stereocenters. The molecule has 0 aliphatic rings. The molecule has 0 saturated heterocycles. The second kappa shape index (κ2) is 3.24. The topological polar surface area (TPSA) is 37.3 Å². The molecule has 1 atom stereocenters. The molecule has 0 aliphatic carbocycles. The third kappa shape index (κ3) is 1.83. The van der Waals surface area contributed by atoms with Crippen LogP contribution in [0.5, 0.6) is 0 Å². The molecule has 2 radical (unpaired) electrons. The lowest BCUT2D eigenvalue weighted by atomic mass is 9.81. The summed E-state index contributed by atoms with van der Waals surface area (Å²) in [5, 5.41) is 8.51. The van der Waals surface area contributed by atoms with E-state index in [-0.39, 0.29) is 0 Å². The van der Waals surface area contributed by atoms with Crippen LogP contribution in [0.2, 0.25) is 0 Å². The van der Waals surface area contributed by atoms with Crippen LogP contribution in [0.25, 0.3) is 0 Å². The van der Waals surface area contributed by atoms with Gasteiger partial charge in [0.2, 0.25) is 0 Å². The lowest BCUT2D eigenvalue weighted by Gasteiger charge is -2.04. The zero-order valence-corrected chi connectivity index (χ0v) is 5.90. The highest BCUT2D eigenvalue weighted by molar-refractivity contribution is 6.22. The van der Waals surface area contributed by atoms with Gasteiger partial charge in [-0.3, -0.25) is 4.79 Å². The fourth-order valence-electron chi connectivity index (χ4n) is 0.803. The van der Waals surface area contributed by atoms with Gasteiger partial charge in [0, 0.05) is 5.82 Å². The highest BCUT2D eigenvalue weighted by atomic mass is 16.4. The largest absolute Gasteiger partial charge is 0.481 e. The van der Waals surface area contributed by atoms with Gasteiger partial charge in [-0.05, 0) is 5.56 Å². The molecule has 0 aliphatic heterocycles. The summed E-state index contributed by atoms with van der Waals surface area (Å²) < 4.78 is 0. The first-order valence-electron chi connectivity index (χ1n) is 3.25. The van der Waals surface area contributed by atoms with Gasteiger partial charge in [0.25, 0.3) is 0 Å². The minimum absolute atomic E-state index is 0.625. The maximum atomic E-state index is 10.4. The molecule has 0 spiro atoms. The van der Waals surface area contributed by atoms with Crippen molar-refractivity contribution in [3.8, 4) is 0 Å². The molecular formula is C8H7BO2. The molecule has 1 aromatic carbocycles. The van der Waals surface area contributed by atoms with E-state index in [0.29, 0.717) is 5.56 Å². The van der Waals surface area contributed by atoms with E-state index in [0.717, 1.165) is 0 Å². The first-order chi connectivity index (χ1) is 5.22. The number of hydrogen-bond donors (Lipinski definition) is 1. The van der Waals surface area contributed by atoms with Gasteiger partial charge in [-0.1, -0.05) is 30.3 Å². The van der Waals surface area contributed by atoms with Crippen molar-refractivity contribution in [3.05, 3.63) is 35.9 Å². The van der Waals surface area contributed by atoms with Crippen LogP contribution in [0, 0.1) is 0 Å². The summed E-state index contributed by atoms with van der Waals surface area (Å²) in [6, 6.07) is 8.73. The van der Waals surface area contributed by atoms with Crippen LogP contribution in [0.1, 0.15) is 11.4 Å². The van der Waals surface area contributed by atoms with Crippen molar-refractivity contribution in [2.75, 3.05) is 0 Å². The van der Waals surface area contributed by atoms with Crippen LogP contribution < -0.4 is 0 Å². The van der Waals surface area contributed by atoms with Crippen LogP contribution in [-0.2, 0) is 4.79 Å². The first-order valence-corrected chi connectivity index (χ1v) is 3.25. The van der Waals surface area contributed by atoms with Crippen LogP contribution in [0.4, 0.5) is 0 Å². The summed E-state index contributed by atoms with van der Waals surface area (Å²) in [6.45, 7) is 0. The molecule has 0 aromatic heterocycles. The Morgan fingerprint density at radius 2 is 1.91 bits per heavy atom. The van der Waals surface area contributed by atoms with Gasteiger partial charge in [0.1, 0.15) is 0 Å². The number of carboxylic acids is 1. The van der Waals surface area contributed by atoms with E-state index in [2.05, 4.69) is 0 Å². The maximum absolute atomic E-state index is 10.4. The third-order valence-corrected chi connectivity index (χ3v) is 1.42. The fraction of sp³-hybridized carbons (Fsp3) is 0.125. The normalized spacial score (nSPS) is 12.4. The van der Waals surface area contributed by atoms with Crippen molar-refractivity contribution in [3.63, 3.8) is 0 Å². The Bertz CT molecular complexity index is 246. The van der Waals surface area contributed by atoms with Crippen LogP contribution in [0.3, 0.4) is 0 Å². The monoisotopic (exact) mass is 146 g/mol. The predicted molar refractivity (Wildman–Crippen MR) is 42.6 cm³/mol. The van der Waals surface area contributed by atoms with E-state index >= 15 is 0 Å². The molecule has 2 nitrogen and oxygen atoms in total. The van der Waals surface area contributed by atoms with E-state index in [1.54, 1.807) is 24.3 Å². The number of carbonyl (C=O) groups is 1. The Morgan fingerprint density at radius 1 is 1.36 bits per heavy atom. The van der Waals surface area contributed by atoms with Crippen LogP contribution in [-0.4, -0.2) is 18.9 Å². The van der Waals surface area contributed by atoms with Crippen molar-refractivity contribution in [1.82, 2.24) is 0 Å². The average Bonchev–Trinajstić information content (AvgIpc) is 2.05. The van der Waals surface area contributed by atoms with E-state index in [1.807, 2.05) is 6.07 Å². The average molecular weight is 146 g/mol. The van der Waals surface area contributed by atoms with Crippen LogP contribution in [0.15, 0.2) is 30.3 Å². The minimum atomic E-state index is -1.00. The lowest BCUT2D eigenvalue weighted by molar-refractivity contribution is -0.136. The summed E-state index contributed by atoms with van der Waals surface area (Å²) >= 11 is 0. The minimum Gasteiger partial charge on any atom is -0.481 e. The Balaban J connectivity index is 2.85. The molecule has 0 heterocycles. The highest BCUT2D eigenvalue weighted by Crippen LogP contribution is 2.10. The molecule has 1 aromatic rings. The summed E-state index contributed by atoms with van der Waals surface area (Å²) in [7, 11) is 5.34. The Hall–Kier alpha value is -1.25. The molecule has 54 valence electrons. The van der Waals surface area contributed by atoms with Crippen molar-refractivity contribution in [2.24, 2.45) is 0 Å². The summed E-state index contributed by atoms with van der Waals surface area (Å²) in [6.07, 6.45) is 0. The molecular weight excluding hydrogens is 139 g/mol. The SMILES string of the molecule is [B]C(C(=O)O)c1ccccc1. The molecule has 3 heteroatoms. The third-order valence-electron chi connectivity index (χ3n) is 1.42. The molecule has 11 heavy (non-hydrogen) atoms. The lowest BCUT2D eigenvalue weighted by Crippen LogP contribution is -2.10. The van der Waals surface area contributed by atoms with Crippen LogP contribution >= 0.6 is 0 Å². The molecule has 1 rings (SSSR count). The van der Waals surface area contributed by atoms with Crippen molar-refractivity contribution in [2.45, 2.75) is 5.82 Å². The maximum Gasteiger partial charge on any atom is 0.301 e. The van der Waals surface area contributed by atoms with Gasteiger partial charge in [-0.2, -0.15) is 0 Å². The smallest absolute Gasteiger partial charge is 0.301 e. The van der Waals surface area contributed by atoms with Gasteiger partial charge in [0.15, 0.2) is 0 Å². The fourth-order valence-corrected chi connectivity index (χ4v) is 0.803. The zero-order chi connectivity index (χ0) is 8.27. The first kappa shape index (κ1) is 7.86. The summed E-state index contributed by atoms with van der Waals surface area (Å²) in [5.41, 5.74) is 0.625. The summed E-state index contributed by atoms with van der Waals surface area (Å²) in [5.74, 6) is -1.91. The Morgan fingerprint density at radius 3 is 2.36 bits per heavy atom. The quantitative estimate of drug-likeness (QED) is 0.631. The Labute approximate surface area is 66.3 Å². The second-order valence-electron chi connectivity index (χ2n) is 2.23. The zero-order valence-electron chi connectivity index (χ0n) is 5.90. The van der Waals surface area contributed by atoms with Gasteiger partial charge >= 0.3 is 5.97 Å². The van der Waals surface area contributed by atoms with Gasteiger partial charge < -0.3 is 5.11 Å². The molecule has 0 saturated carbocycles. The van der Waals surface area contributed by atoms with Gasteiger partial charge in [-0.15, -0.1) is 0 Å². The Kier molecular flexibility index (Phi) is 2.31. The summed E-state index contributed by atoms with van der Waals surface area (Å²) in [4.78, 5) is 10.4. The number of rotatable bonds is 2. The van der Waals surface area contributed by atoms with Crippen molar-refractivity contribution < 1.29 is 9.90 Å². The van der Waals surface area contributed by atoms with E-state index < -0.39 is 11.8 Å². The standard InChI is InChI=1S/C8H7BO2/c9-7(8(10)11)6-4-2-1-3-5-6/h1-5,7H,(H,10,11). The van der Waals surface area contributed by atoms with Crippen molar-refractivity contribution in [1.29, 1.82) is 0 Å². The highest BCUT2D eigenvalue weighted by Gasteiger charge is 2.11. The number of aliphatic carboxylic acids is 1. The van der Waals surface area contributed by atoms with E-state index in [1.165, 1.54) is 0 Å². The number of benzene rings is 1. The molecule has 1 N–H and O–H groups in total. The second-order valence-corrected chi connectivity index (χ2v) is 2.23. The van der Waals surface area contributed by atoms with Gasteiger partial charge in [-0.25, -0.2) is 0 Å². The molecule has 0 bridgehead atoms. The molecule has 0 fully saturated rings. The molecule has 0 amide bonds. The predicted octanol–water partition coefficient (Wildman–Crippen LogP) is 0.981. The van der Waals surface area contributed by atoms with E-state index in [9.17, 15) is 4.79 Å². The van der Waals surface area contributed by atoms with Gasteiger partial charge in [0.05, 0.1) is 7.85 Å². The number of hydrogen-bond acceptors (Lipinski definition) is 1.